The number of thiophene rings is 1. The fraction of sp³-hybridized carbons (Fsp3) is 0.111. The summed E-state index contributed by atoms with van der Waals surface area (Å²) < 4.78 is 2.41. The molecule has 0 nitrogen and oxygen atoms in total. The predicted octanol–water partition coefficient (Wildman–Crippen LogP) is 4.63. The smallest absolute Gasteiger partial charge is 0.0740 e. The van der Waals surface area contributed by atoms with Crippen LogP contribution in [-0.4, -0.2) is 0 Å². The van der Waals surface area contributed by atoms with Gasteiger partial charge in [0.25, 0.3) is 0 Å². The molecule has 0 amide bonds. The van der Waals surface area contributed by atoms with Crippen molar-refractivity contribution in [3.63, 3.8) is 0 Å². The van der Waals surface area contributed by atoms with Crippen LogP contribution in [0.2, 0.25) is 5.02 Å². The molecule has 0 radical (unpaired) electrons. The Balaban J connectivity index is 2.97. The molecule has 1 heterocycles. The van der Waals surface area contributed by atoms with Gasteiger partial charge in [-0.3, -0.25) is 0 Å². The number of hydrogen-bond donors (Lipinski definition) is 0. The molecule has 0 aliphatic rings. The first-order valence-electron chi connectivity index (χ1n) is 3.53. The minimum Gasteiger partial charge on any atom is -0.128 e. The highest BCUT2D eigenvalue weighted by molar-refractivity contribution is 9.11. The topological polar surface area (TPSA) is 0 Å². The zero-order valence-corrected chi connectivity index (χ0v) is 9.55. The van der Waals surface area contributed by atoms with Gasteiger partial charge in [0, 0.05) is 15.1 Å². The van der Waals surface area contributed by atoms with Crippen molar-refractivity contribution in [2.45, 2.75) is 6.92 Å². The molecule has 0 unspecified atom stereocenters. The lowest BCUT2D eigenvalue weighted by Gasteiger charge is -1.93. The zero-order chi connectivity index (χ0) is 8.72. The molecular formula is C9H6BrClS. The Morgan fingerprint density at radius 2 is 2.17 bits per heavy atom. The molecule has 0 fully saturated rings. The molecule has 0 N–H and O–H groups in total. The number of halogens is 2. The van der Waals surface area contributed by atoms with Crippen LogP contribution in [0.1, 0.15) is 5.56 Å². The average molecular weight is 262 g/mol. The van der Waals surface area contributed by atoms with Crippen molar-refractivity contribution in [1.29, 1.82) is 0 Å². The largest absolute Gasteiger partial charge is 0.128 e. The highest BCUT2D eigenvalue weighted by Gasteiger charge is 2.07. The molecule has 1 aromatic carbocycles. The number of aryl methyl sites for hydroxylation is 1. The summed E-state index contributed by atoms with van der Waals surface area (Å²) in [7, 11) is 0. The van der Waals surface area contributed by atoms with Crippen LogP contribution in [-0.2, 0) is 0 Å². The third-order valence-electron chi connectivity index (χ3n) is 1.84. The fourth-order valence-electron chi connectivity index (χ4n) is 1.22. The number of rotatable bonds is 0. The van der Waals surface area contributed by atoms with Crippen LogP contribution >= 0.6 is 38.9 Å². The van der Waals surface area contributed by atoms with Crippen LogP contribution in [0.4, 0.5) is 0 Å². The minimum atomic E-state index is 0.840. The van der Waals surface area contributed by atoms with Crippen molar-refractivity contribution < 1.29 is 0 Å². The summed E-state index contributed by atoms with van der Waals surface area (Å²) in [5.41, 5.74) is 1.24. The summed E-state index contributed by atoms with van der Waals surface area (Å²) in [5, 5.41) is 2.02. The van der Waals surface area contributed by atoms with Crippen LogP contribution in [0.5, 0.6) is 0 Å². The first-order chi connectivity index (χ1) is 5.70. The Labute approximate surface area is 88.3 Å². The van der Waals surface area contributed by atoms with Gasteiger partial charge in [0.05, 0.1) is 3.79 Å². The lowest BCUT2D eigenvalue weighted by Crippen LogP contribution is -1.69. The summed E-state index contributed by atoms with van der Waals surface area (Å²) in [6.45, 7) is 2.08. The SMILES string of the molecule is Cc1c(Br)sc2cccc(Cl)c12. The summed E-state index contributed by atoms with van der Waals surface area (Å²) in [6.07, 6.45) is 0. The highest BCUT2D eigenvalue weighted by Crippen LogP contribution is 2.38. The van der Waals surface area contributed by atoms with Crippen molar-refractivity contribution >= 4 is 49.0 Å². The second-order valence-electron chi connectivity index (χ2n) is 2.61. The molecule has 0 saturated carbocycles. The van der Waals surface area contributed by atoms with Gasteiger partial charge in [-0.1, -0.05) is 17.7 Å². The molecule has 62 valence electrons. The van der Waals surface area contributed by atoms with E-state index in [-0.39, 0.29) is 0 Å². The molecule has 3 heteroatoms. The van der Waals surface area contributed by atoms with Crippen LogP contribution in [0.25, 0.3) is 10.1 Å². The van der Waals surface area contributed by atoms with Crippen molar-refractivity contribution in [2.75, 3.05) is 0 Å². The van der Waals surface area contributed by atoms with E-state index in [0.29, 0.717) is 0 Å². The number of hydrogen-bond acceptors (Lipinski definition) is 1. The monoisotopic (exact) mass is 260 g/mol. The molecule has 2 rings (SSSR count). The van der Waals surface area contributed by atoms with Gasteiger partial charge >= 0.3 is 0 Å². The van der Waals surface area contributed by atoms with Gasteiger partial charge in [0.1, 0.15) is 0 Å². The van der Waals surface area contributed by atoms with E-state index in [1.54, 1.807) is 11.3 Å². The molecule has 0 aliphatic carbocycles. The minimum absolute atomic E-state index is 0.840. The van der Waals surface area contributed by atoms with Crippen LogP contribution in [0.15, 0.2) is 22.0 Å². The predicted molar refractivity (Wildman–Crippen MR) is 59.3 cm³/mol. The van der Waals surface area contributed by atoms with Gasteiger partial charge < -0.3 is 0 Å². The third kappa shape index (κ3) is 1.18. The summed E-state index contributed by atoms with van der Waals surface area (Å²) in [4.78, 5) is 0. The van der Waals surface area contributed by atoms with Gasteiger partial charge in [-0.2, -0.15) is 0 Å². The average Bonchev–Trinajstić information content (AvgIpc) is 2.29. The molecular weight excluding hydrogens is 256 g/mol. The quantitative estimate of drug-likeness (QED) is 0.649. The zero-order valence-electron chi connectivity index (χ0n) is 6.40. The van der Waals surface area contributed by atoms with Crippen LogP contribution in [0.3, 0.4) is 0 Å². The first-order valence-corrected chi connectivity index (χ1v) is 5.52. The van der Waals surface area contributed by atoms with Gasteiger partial charge in [0.2, 0.25) is 0 Å². The lowest BCUT2D eigenvalue weighted by atomic mass is 10.2. The van der Waals surface area contributed by atoms with Gasteiger partial charge in [-0.15, -0.1) is 11.3 Å². The maximum Gasteiger partial charge on any atom is 0.0740 e. The van der Waals surface area contributed by atoms with Crippen molar-refractivity contribution in [1.82, 2.24) is 0 Å². The van der Waals surface area contributed by atoms with E-state index in [9.17, 15) is 0 Å². The normalized spacial score (nSPS) is 10.9. The van der Waals surface area contributed by atoms with E-state index in [2.05, 4.69) is 28.9 Å². The summed E-state index contributed by atoms with van der Waals surface area (Å²) in [6, 6.07) is 5.99. The van der Waals surface area contributed by atoms with E-state index >= 15 is 0 Å². The van der Waals surface area contributed by atoms with Gasteiger partial charge in [-0.25, -0.2) is 0 Å². The molecule has 12 heavy (non-hydrogen) atoms. The Hall–Kier alpha value is -0.0500. The van der Waals surface area contributed by atoms with E-state index in [0.717, 1.165) is 5.02 Å². The van der Waals surface area contributed by atoms with Crippen molar-refractivity contribution in [2.24, 2.45) is 0 Å². The molecule has 1 aromatic heterocycles. The third-order valence-corrected chi connectivity index (χ3v) is 4.29. The second kappa shape index (κ2) is 3.02. The van der Waals surface area contributed by atoms with E-state index in [1.165, 1.54) is 19.4 Å². The van der Waals surface area contributed by atoms with Crippen LogP contribution in [0, 0.1) is 6.92 Å². The fourth-order valence-corrected chi connectivity index (χ4v) is 3.28. The Morgan fingerprint density at radius 3 is 2.83 bits per heavy atom. The van der Waals surface area contributed by atoms with Crippen molar-refractivity contribution in [3.05, 3.63) is 32.6 Å². The maximum atomic E-state index is 6.06. The standard InChI is InChI=1S/C9H6BrClS/c1-5-8-6(11)3-2-4-7(8)12-9(5)10/h2-4H,1H3. The Bertz CT molecular complexity index is 433. The number of fused-ring (bicyclic) bond motifs is 1. The van der Waals surface area contributed by atoms with Crippen molar-refractivity contribution in [3.8, 4) is 0 Å². The molecule has 0 bridgehead atoms. The Kier molecular flexibility index (Phi) is 2.15. The summed E-state index contributed by atoms with van der Waals surface area (Å²) in [5.74, 6) is 0. The second-order valence-corrected chi connectivity index (χ2v) is 5.39. The number of benzene rings is 1. The van der Waals surface area contributed by atoms with E-state index in [4.69, 9.17) is 11.6 Å². The molecule has 0 atom stereocenters. The Morgan fingerprint density at radius 1 is 1.42 bits per heavy atom. The molecule has 0 saturated heterocycles. The molecule has 0 aliphatic heterocycles. The van der Waals surface area contributed by atoms with Gasteiger partial charge in [-0.05, 0) is 40.5 Å². The van der Waals surface area contributed by atoms with Gasteiger partial charge in [0.15, 0.2) is 0 Å². The first kappa shape index (κ1) is 8.54. The molecule has 2 aromatic rings. The van der Waals surface area contributed by atoms with Crippen LogP contribution < -0.4 is 0 Å². The molecule has 0 spiro atoms. The maximum absolute atomic E-state index is 6.06. The summed E-state index contributed by atoms with van der Waals surface area (Å²) >= 11 is 11.3. The highest BCUT2D eigenvalue weighted by atomic mass is 79.9. The lowest BCUT2D eigenvalue weighted by molar-refractivity contribution is 1.57. The van der Waals surface area contributed by atoms with E-state index in [1.807, 2.05) is 12.1 Å². The van der Waals surface area contributed by atoms with E-state index < -0.39 is 0 Å².